The smallest absolute Gasteiger partial charge is 0.229 e. The van der Waals surface area contributed by atoms with Crippen LogP contribution in [0.4, 0.5) is 17.5 Å². The number of benzene rings is 2. The number of aromatic nitrogens is 4. The Morgan fingerprint density at radius 3 is 2.62 bits per heavy atom. The summed E-state index contributed by atoms with van der Waals surface area (Å²) in [5, 5.41) is 39.1. The summed E-state index contributed by atoms with van der Waals surface area (Å²) in [5.41, 5.74) is 3.90. The van der Waals surface area contributed by atoms with Gasteiger partial charge in [0, 0.05) is 24.1 Å². The van der Waals surface area contributed by atoms with E-state index in [4.69, 9.17) is 15.0 Å². The zero-order valence-electron chi connectivity index (χ0n) is 20.0. The maximum absolute atomic E-state index is 10.7. The Morgan fingerprint density at radius 1 is 0.973 bits per heavy atom. The summed E-state index contributed by atoms with van der Waals surface area (Å²) in [7, 11) is 0. The average molecular weight is 515 g/mol. The van der Waals surface area contributed by atoms with Crippen LogP contribution in [0.1, 0.15) is 12.1 Å². The molecule has 37 heavy (non-hydrogen) atoms. The molecular weight excluding hydrogens is 488 g/mol. The number of hydrogen-bond acceptors (Lipinski definition) is 10. The number of fused-ring (bicyclic) bond motifs is 2. The summed E-state index contributed by atoms with van der Waals surface area (Å²) in [4.78, 5) is 18.9. The van der Waals surface area contributed by atoms with Crippen molar-refractivity contribution in [1.82, 2.24) is 19.9 Å². The average Bonchev–Trinajstić information content (AvgIpc) is 3.45. The van der Waals surface area contributed by atoms with Crippen LogP contribution in [0, 0.1) is 12.8 Å². The largest absolute Gasteiger partial charge is 0.396 e. The second kappa shape index (κ2) is 9.64. The molecule has 1 aliphatic rings. The predicted octanol–water partition coefficient (Wildman–Crippen LogP) is 3.87. The van der Waals surface area contributed by atoms with Gasteiger partial charge in [-0.15, -0.1) is 11.3 Å². The minimum Gasteiger partial charge on any atom is -0.396 e. The topological polar surface area (TPSA) is 136 Å². The Morgan fingerprint density at radius 2 is 1.81 bits per heavy atom. The molecule has 188 valence electrons. The number of anilines is 3. The number of rotatable bonds is 6. The van der Waals surface area contributed by atoms with Crippen molar-refractivity contribution in [1.29, 1.82) is 0 Å². The fourth-order valence-electron chi connectivity index (χ4n) is 4.92. The van der Waals surface area contributed by atoms with Crippen molar-refractivity contribution >= 4 is 49.9 Å². The molecule has 5 aromatic rings. The lowest BCUT2D eigenvalue weighted by Crippen LogP contribution is -2.35. The van der Waals surface area contributed by atoms with Crippen molar-refractivity contribution in [2.75, 3.05) is 17.2 Å². The van der Waals surface area contributed by atoms with Crippen molar-refractivity contribution in [3.8, 4) is 10.6 Å². The number of para-hydroxylation sites is 2. The number of hydrogen-bond donors (Lipinski definition) is 5. The highest BCUT2D eigenvalue weighted by Crippen LogP contribution is 2.38. The van der Waals surface area contributed by atoms with Gasteiger partial charge in [-0.3, -0.25) is 4.98 Å². The molecule has 3 aromatic heterocycles. The van der Waals surface area contributed by atoms with Crippen LogP contribution in [0.15, 0.2) is 60.8 Å². The molecule has 3 heterocycles. The number of aliphatic hydroxyl groups excluding tert-OH is 3. The number of nitrogens with one attached hydrogen (secondary N) is 2. The third-order valence-corrected chi connectivity index (χ3v) is 7.89. The maximum atomic E-state index is 10.7. The Kier molecular flexibility index (Phi) is 6.17. The summed E-state index contributed by atoms with van der Waals surface area (Å²) < 4.78 is 1.04. The predicted molar refractivity (Wildman–Crippen MR) is 145 cm³/mol. The van der Waals surface area contributed by atoms with Crippen molar-refractivity contribution in [3.05, 3.63) is 66.5 Å². The zero-order chi connectivity index (χ0) is 25.5. The number of nitrogens with zero attached hydrogens (tertiary/aromatic N) is 4. The lowest BCUT2D eigenvalue weighted by molar-refractivity contribution is 0.00446. The SMILES string of the molecule is Cc1nc(Nc2cccc3cccnc23)nc(NC2C[C@H](CO)[C@@H](O)[C@H]2O)c1-c1nc2ccccc2s1. The maximum Gasteiger partial charge on any atom is 0.229 e. The summed E-state index contributed by atoms with van der Waals surface area (Å²) in [6.07, 6.45) is 0.0784. The Bertz CT molecular complexity index is 1550. The van der Waals surface area contributed by atoms with E-state index in [0.29, 0.717) is 23.9 Å². The first-order valence-electron chi connectivity index (χ1n) is 12.1. The lowest BCUT2D eigenvalue weighted by atomic mass is 10.1. The van der Waals surface area contributed by atoms with Gasteiger partial charge in [0.05, 0.1) is 44.8 Å². The minimum atomic E-state index is -1.05. The summed E-state index contributed by atoms with van der Waals surface area (Å²) in [6, 6.07) is 17.2. The second-order valence-electron chi connectivity index (χ2n) is 9.26. The quantitative estimate of drug-likeness (QED) is 0.229. The molecule has 1 saturated carbocycles. The molecule has 10 heteroatoms. The number of thiazole rings is 1. The van der Waals surface area contributed by atoms with Gasteiger partial charge in [0.1, 0.15) is 16.9 Å². The molecule has 6 rings (SSSR count). The van der Waals surface area contributed by atoms with Gasteiger partial charge in [-0.1, -0.05) is 30.3 Å². The Hall–Kier alpha value is -3.70. The highest BCUT2D eigenvalue weighted by molar-refractivity contribution is 7.21. The molecule has 1 fully saturated rings. The van der Waals surface area contributed by atoms with Gasteiger partial charge in [0.25, 0.3) is 0 Å². The first kappa shape index (κ1) is 23.7. The van der Waals surface area contributed by atoms with Gasteiger partial charge in [-0.2, -0.15) is 4.98 Å². The Balaban J connectivity index is 1.44. The normalized spacial score (nSPS) is 21.5. The van der Waals surface area contributed by atoms with Crippen LogP contribution >= 0.6 is 11.3 Å². The third-order valence-electron chi connectivity index (χ3n) is 6.84. The molecule has 4 atom stereocenters. The number of aliphatic hydroxyl groups is 3. The fraction of sp³-hybridized carbons (Fsp3) is 0.259. The van der Waals surface area contributed by atoms with Gasteiger partial charge in [0.2, 0.25) is 5.95 Å². The molecule has 1 aliphatic carbocycles. The molecule has 0 spiro atoms. The molecule has 0 bridgehead atoms. The molecule has 0 aliphatic heterocycles. The van der Waals surface area contributed by atoms with E-state index in [-0.39, 0.29) is 6.61 Å². The summed E-state index contributed by atoms with van der Waals surface area (Å²) in [6.45, 7) is 1.70. The van der Waals surface area contributed by atoms with Crippen LogP contribution in [0.5, 0.6) is 0 Å². The van der Waals surface area contributed by atoms with Crippen LogP contribution in [0.3, 0.4) is 0 Å². The minimum absolute atomic E-state index is 0.204. The number of pyridine rings is 1. The van der Waals surface area contributed by atoms with Crippen molar-refractivity contribution in [3.63, 3.8) is 0 Å². The van der Waals surface area contributed by atoms with E-state index < -0.39 is 24.2 Å². The molecule has 5 N–H and O–H groups in total. The molecule has 2 aromatic carbocycles. The summed E-state index contributed by atoms with van der Waals surface area (Å²) >= 11 is 1.54. The van der Waals surface area contributed by atoms with E-state index in [0.717, 1.165) is 37.4 Å². The van der Waals surface area contributed by atoms with Crippen LogP contribution in [0.2, 0.25) is 0 Å². The first-order chi connectivity index (χ1) is 18.0. The highest BCUT2D eigenvalue weighted by atomic mass is 32.1. The van der Waals surface area contributed by atoms with E-state index in [2.05, 4.69) is 15.6 Å². The van der Waals surface area contributed by atoms with Crippen molar-refractivity contribution < 1.29 is 15.3 Å². The molecule has 0 amide bonds. The Labute approximate surface area is 216 Å². The standard InChI is InChI=1S/C27H26N6O3S/c1-14-21(26-31-17-8-2-3-10-20(17)37-26)25(30-19-12-16(13-34)23(35)24(19)36)33-27(29-14)32-18-9-4-6-15-7-5-11-28-22(15)18/h2-11,16,19,23-24,34-36H,12-13H2,1H3,(H2,29,30,32,33)/t16-,19?,23-,24+/m1/s1. The van der Waals surface area contributed by atoms with Crippen LogP contribution in [-0.2, 0) is 0 Å². The van der Waals surface area contributed by atoms with Gasteiger partial charge < -0.3 is 26.0 Å². The van der Waals surface area contributed by atoms with Crippen LogP contribution in [0.25, 0.3) is 31.7 Å². The van der Waals surface area contributed by atoms with Crippen LogP contribution < -0.4 is 10.6 Å². The van der Waals surface area contributed by atoms with E-state index in [1.54, 1.807) is 17.5 Å². The zero-order valence-corrected chi connectivity index (χ0v) is 20.9. The van der Waals surface area contributed by atoms with Gasteiger partial charge in [0.15, 0.2) is 0 Å². The van der Waals surface area contributed by atoms with Gasteiger partial charge in [-0.25, -0.2) is 9.97 Å². The van der Waals surface area contributed by atoms with E-state index >= 15 is 0 Å². The second-order valence-corrected chi connectivity index (χ2v) is 10.3. The molecular formula is C27H26N6O3S. The first-order valence-corrected chi connectivity index (χ1v) is 12.9. The van der Waals surface area contributed by atoms with E-state index in [1.807, 2.05) is 61.5 Å². The monoisotopic (exact) mass is 514 g/mol. The van der Waals surface area contributed by atoms with Crippen molar-refractivity contribution in [2.24, 2.45) is 5.92 Å². The lowest BCUT2D eigenvalue weighted by Gasteiger charge is -2.21. The fourth-order valence-corrected chi connectivity index (χ4v) is 5.98. The van der Waals surface area contributed by atoms with E-state index in [1.165, 1.54) is 0 Å². The molecule has 0 radical (unpaired) electrons. The number of aryl methyl sites for hydroxylation is 1. The molecule has 1 unspecified atom stereocenters. The van der Waals surface area contributed by atoms with E-state index in [9.17, 15) is 15.3 Å². The van der Waals surface area contributed by atoms with Crippen LogP contribution in [-0.4, -0.2) is 60.1 Å². The van der Waals surface area contributed by atoms with Crippen molar-refractivity contribution in [2.45, 2.75) is 31.6 Å². The highest BCUT2D eigenvalue weighted by Gasteiger charge is 2.41. The molecule has 0 saturated heterocycles. The van der Waals surface area contributed by atoms with Gasteiger partial charge >= 0.3 is 0 Å². The van der Waals surface area contributed by atoms with Gasteiger partial charge in [-0.05, 0) is 37.6 Å². The molecule has 9 nitrogen and oxygen atoms in total. The summed E-state index contributed by atoms with van der Waals surface area (Å²) in [5.74, 6) is 0.451. The third kappa shape index (κ3) is 4.38.